The summed E-state index contributed by atoms with van der Waals surface area (Å²) in [4.78, 5) is 2.60. The Labute approximate surface area is 130 Å². The van der Waals surface area contributed by atoms with Crippen molar-refractivity contribution >= 4 is 10.2 Å². The summed E-state index contributed by atoms with van der Waals surface area (Å²) in [5.41, 5.74) is 0. The van der Waals surface area contributed by atoms with Crippen LogP contribution in [0.3, 0.4) is 0 Å². The van der Waals surface area contributed by atoms with E-state index in [2.05, 4.69) is 11.8 Å². The van der Waals surface area contributed by atoms with E-state index in [0.29, 0.717) is 0 Å². The number of hydrogen-bond donors (Lipinski definition) is 0. The van der Waals surface area contributed by atoms with Gasteiger partial charge in [-0.25, -0.2) is 0 Å². The van der Waals surface area contributed by atoms with Crippen LogP contribution in [-0.4, -0.2) is 68.2 Å². The highest BCUT2D eigenvalue weighted by atomic mass is 32.2. The van der Waals surface area contributed by atoms with E-state index in [1.807, 2.05) is 0 Å². The van der Waals surface area contributed by atoms with E-state index in [1.165, 1.54) is 30.0 Å². The highest BCUT2D eigenvalue weighted by Gasteiger charge is 2.33. The Morgan fingerprint density at radius 2 is 1.43 bits per heavy atom. The number of piperidine rings is 1. The van der Waals surface area contributed by atoms with Crippen molar-refractivity contribution in [2.45, 2.75) is 57.5 Å². The quantitative estimate of drug-likeness (QED) is 0.794. The first kappa shape index (κ1) is 17.2. The maximum atomic E-state index is 12.2. The lowest BCUT2D eigenvalue weighted by molar-refractivity contribution is 0.0921. The molecule has 2 rings (SSSR count). The molecule has 0 N–H and O–H groups in total. The van der Waals surface area contributed by atoms with Crippen LogP contribution >= 0.6 is 0 Å². The van der Waals surface area contributed by atoms with E-state index >= 15 is 0 Å². The Morgan fingerprint density at radius 1 is 0.905 bits per heavy atom. The monoisotopic (exact) mass is 317 g/mol. The SMILES string of the molecule is CC1CCC(N2CCC(N(C)S(=O)(=O)N(C)C)CC2)CC1. The fraction of sp³-hybridized carbons (Fsp3) is 1.00. The number of nitrogens with zero attached hydrogens (tertiary/aromatic N) is 3. The van der Waals surface area contributed by atoms with Crippen LogP contribution in [0.5, 0.6) is 0 Å². The summed E-state index contributed by atoms with van der Waals surface area (Å²) in [6, 6.07) is 0.883. The molecule has 0 aromatic rings. The Bertz CT molecular complexity index is 422. The fourth-order valence-electron chi connectivity index (χ4n) is 3.67. The Hall–Kier alpha value is -0.170. The molecule has 0 radical (unpaired) electrons. The number of hydrogen-bond acceptors (Lipinski definition) is 3. The van der Waals surface area contributed by atoms with Gasteiger partial charge < -0.3 is 4.90 Å². The molecule has 1 heterocycles. The highest BCUT2D eigenvalue weighted by molar-refractivity contribution is 7.86. The van der Waals surface area contributed by atoms with Crippen LogP contribution in [0.2, 0.25) is 0 Å². The molecule has 0 amide bonds. The summed E-state index contributed by atoms with van der Waals surface area (Å²) in [6.45, 7) is 4.43. The number of rotatable bonds is 4. The Morgan fingerprint density at radius 3 is 1.90 bits per heavy atom. The lowest BCUT2D eigenvalue weighted by Gasteiger charge is -2.42. The second-order valence-electron chi connectivity index (χ2n) is 6.99. The summed E-state index contributed by atoms with van der Waals surface area (Å²) in [6.07, 6.45) is 7.24. The van der Waals surface area contributed by atoms with Crippen LogP contribution in [0.4, 0.5) is 0 Å². The fourth-order valence-corrected chi connectivity index (χ4v) is 4.77. The normalized spacial score (nSPS) is 30.2. The topological polar surface area (TPSA) is 43.9 Å². The predicted octanol–water partition coefficient (Wildman–Crippen LogP) is 1.77. The maximum absolute atomic E-state index is 12.2. The van der Waals surface area contributed by atoms with E-state index in [9.17, 15) is 8.42 Å². The second kappa shape index (κ2) is 6.94. The summed E-state index contributed by atoms with van der Waals surface area (Å²) in [7, 11) is 1.64. The average Bonchev–Trinajstić information content (AvgIpc) is 2.47. The minimum Gasteiger partial charge on any atom is -0.300 e. The molecule has 21 heavy (non-hydrogen) atoms. The van der Waals surface area contributed by atoms with Crippen molar-refractivity contribution in [2.75, 3.05) is 34.2 Å². The molecule has 124 valence electrons. The van der Waals surface area contributed by atoms with E-state index in [4.69, 9.17) is 0 Å². The predicted molar refractivity (Wildman–Crippen MR) is 86.4 cm³/mol. The molecule has 0 atom stereocenters. The van der Waals surface area contributed by atoms with E-state index in [1.54, 1.807) is 25.4 Å². The van der Waals surface area contributed by atoms with E-state index < -0.39 is 10.2 Å². The van der Waals surface area contributed by atoms with Gasteiger partial charge in [0.1, 0.15) is 0 Å². The molecule has 1 saturated heterocycles. The zero-order valence-corrected chi connectivity index (χ0v) is 14.8. The third kappa shape index (κ3) is 3.97. The van der Waals surface area contributed by atoms with Crippen LogP contribution in [0, 0.1) is 5.92 Å². The minimum atomic E-state index is -3.28. The molecule has 2 aliphatic rings. The zero-order chi connectivity index (χ0) is 15.6. The van der Waals surface area contributed by atoms with E-state index in [0.717, 1.165) is 37.9 Å². The molecule has 1 aliphatic heterocycles. The molecule has 1 aliphatic carbocycles. The number of likely N-dealkylation sites (tertiary alicyclic amines) is 1. The smallest absolute Gasteiger partial charge is 0.281 e. The van der Waals surface area contributed by atoms with Crippen molar-refractivity contribution < 1.29 is 8.42 Å². The van der Waals surface area contributed by atoms with Crippen molar-refractivity contribution in [3.63, 3.8) is 0 Å². The van der Waals surface area contributed by atoms with Crippen LogP contribution in [0.25, 0.3) is 0 Å². The van der Waals surface area contributed by atoms with Crippen LogP contribution in [-0.2, 0) is 10.2 Å². The van der Waals surface area contributed by atoms with Crippen molar-refractivity contribution in [2.24, 2.45) is 5.92 Å². The third-order valence-electron chi connectivity index (χ3n) is 5.34. The van der Waals surface area contributed by atoms with Gasteiger partial charge in [-0.05, 0) is 57.5 Å². The van der Waals surface area contributed by atoms with Crippen LogP contribution in [0.1, 0.15) is 45.4 Å². The molecule has 6 heteroatoms. The molecular formula is C15H31N3O2S. The summed E-state index contributed by atoms with van der Waals surface area (Å²) < 4.78 is 27.2. The van der Waals surface area contributed by atoms with Gasteiger partial charge in [0.2, 0.25) is 0 Å². The second-order valence-corrected chi connectivity index (χ2v) is 9.19. The first-order valence-electron chi connectivity index (χ1n) is 8.22. The standard InChI is InChI=1S/C15H31N3O2S/c1-13-5-7-15(8-6-13)18-11-9-14(10-12-18)17(4)21(19,20)16(2)3/h13-15H,5-12H2,1-4H3. The van der Waals surface area contributed by atoms with Gasteiger partial charge in [0.25, 0.3) is 10.2 Å². The maximum Gasteiger partial charge on any atom is 0.281 e. The summed E-state index contributed by atoms with van der Waals surface area (Å²) >= 11 is 0. The van der Waals surface area contributed by atoms with Gasteiger partial charge in [-0.15, -0.1) is 0 Å². The molecule has 0 aromatic carbocycles. The van der Waals surface area contributed by atoms with E-state index in [-0.39, 0.29) is 6.04 Å². The molecule has 2 fully saturated rings. The first-order chi connectivity index (χ1) is 9.82. The highest BCUT2D eigenvalue weighted by Crippen LogP contribution is 2.29. The third-order valence-corrected chi connectivity index (χ3v) is 7.29. The molecule has 1 saturated carbocycles. The largest absolute Gasteiger partial charge is 0.300 e. The molecule has 0 unspecified atom stereocenters. The molecule has 0 aromatic heterocycles. The molecular weight excluding hydrogens is 286 g/mol. The van der Waals surface area contributed by atoms with Gasteiger partial charge in [0.05, 0.1) is 0 Å². The van der Waals surface area contributed by atoms with Crippen molar-refractivity contribution in [1.29, 1.82) is 0 Å². The van der Waals surface area contributed by atoms with Gasteiger partial charge in [-0.2, -0.15) is 17.0 Å². The summed E-state index contributed by atoms with van der Waals surface area (Å²) in [5.74, 6) is 0.884. The first-order valence-corrected chi connectivity index (χ1v) is 9.61. The van der Waals surface area contributed by atoms with Crippen LogP contribution < -0.4 is 0 Å². The minimum absolute atomic E-state index is 0.149. The Kier molecular flexibility index (Phi) is 5.68. The molecule has 0 spiro atoms. The molecule has 0 bridgehead atoms. The summed E-state index contributed by atoms with van der Waals surface area (Å²) in [5, 5.41) is 0. The lowest BCUT2D eigenvalue weighted by atomic mass is 9.85. The average molecular weight is 317 g/mol. The zero-order valence-electron chi connectivity index (χ0n) is 14.0. The van der Waals surface area contributed by atoms with Crippen LogP contribution in [0.15, 0.2) is 0 Å². The molecule has 5 nitrogen and oxygen atoms in total. The van der Waals surface area contributed by atoms with Gasteiger partial charge in [0, 0.05) is 33.2 Å². The van der Waals surface area contributed by atoms with Crippen molar-refractivity contribution in [1.82, 2.24) is 13.5 Å². The van der Waals surface area contributed by atoms with Crippen molar-refractivity contribution in [3.8, 4) is 0 Å². The van der Waals surface area contributed by atoms with Gasteiger partial charge in [-0.1, -0.05) is 6.92 Å². The van der Waals surface area contributed by atoms with Gasteiger partial charge >= 0.3 is 0 Å². The van der Waals surface area contributed by atoms with Crippen molar-refractivity contribution in [3.05, 3.63) is 0 Å². The lowest BCUT2D eigenvalue weighted by Crippen LogP contribution is -2.51. The Balaban J connectivity index is 1.86. The van der Waals surface area contributed by atoms with Gasteiger partial charge in [-0.3, -0.25) is 0 Å². The van der Waals surface area contributed by atoms with Gasteiger partial charge in [0.15, 0.2) is 0 Å².